The second-order valence-electron chi connectivity index (χ2n) is 12.7. The lowest BCUT2D eigenvalue weighted by atomic mass is 9.92. The van der Waals surface area contributed by atoms with Crippen molar-refractivity contribution in [1.29, 1.82) is 0 Å². The zero-order valence-corrected chi connectivity index (χ0v) is 26.1. The van der Waals surface area contributed by atoms with Crippen LogP contribution in [0.1, 0.15) is 57.6 Å². The maximum absolute atomic E-state index is 5.33. The largest absolute Gasteiger partial charge is 0.341 e. The van der Waals surface area contributed by atoms with E-state index in [1.807, 2.05) is 0 Å². The van der Waals surface area contributed by atoms with Crippen molar-refractivity contribution in [3.8, 4) is 17.1 Å². The Balaban J connectivity index is 1.48. The summed E-state index contributed by atoms with van der Waals surface area (Å²) in [4.78, 5) is 5.33. The number of aromatic nitrogens is 3. The Morgan fingerprint density at radius 1 is 0.591 bits per heavy atom. The van der Waals surface area contributed by atoms with E-state index < -0.39 is 0 Å². The Bertz CT molecular complexity index is 2360. The zero-order chi connectivity index (χ0) is 30.1. The van der Waals surface area contributed by atoms with Gasteiger partial charge in [-0.05, 0) is 87.8 Å². The van der Waals surface area contributed by atoms with E-state index in [9.17, 15) is 0 Å². The van der Waals surface area contributed by atoms with Crippen LogP contribution in [0, 0.1) is 0 Å². The van der Waals surface area contributed by atoms with Gasteiger partial charge >= 0.3 is 0 Å². The van der Waals surface area contributed by atoms with Crippen molar-refractivity contribution in [3.05, 3.63) is 120 Å². The van der Waals surface area contributed by atoms with Gasteiger partial charge < -0.3 is 4.57 Å². The number of benzene rings is 6. The molecule has 0 spiro atoms. The first-order chi connectivity index (χ1) is 21.5. The van der Waals surface area contributed by atoms with Gasteiger partial charge in [0.15, 0.2) is 0 Å². The number of hydrogen-bond donors (Lipinski definition) is 0. The third-order valence-corrected chi connectivity index (χ3v) is 9.45. The predicted octanol–water partition coefficient (Wildman–Crippen LogP) is 11.4. The van der Waals surface area contributed by atoms with Crippen LogP contribution in [0.4, 0.5) is 0 Å². The molecule has 44 heavy (non-hydrogen) atoms. The fraction of sp³-hybridized carbons (Fsp3) is 0.195. The van der Waals surface area contributed by atoms with Gasteiger partial charge in [0.2, 0.25) is 0 Å². The third-order valence-electron chi connectivity index (χ3n) is 9.45. The van der Waals surface area contributed by atoms with Crippen molar-refractivity contribution in [3.63, 3.8) is 0 Å². The van der Waals surface area contributed by atoms with Gasteiger partial charge in [-0.1, -0.05) is 100 Å². The van der Waals surface area contributed by atoms with Crippen LogP contribution in [0.3, 0.4) is 0 Å². The molecule has 0 N–H and O–H groups in total. The van der Waals surface area contributed by atoms with E-state index in [2.05, 4.69) is 153 Å². The minimum absolute atomic E-state index is 0.379. The standard InChI is InChI=1S/C41H37N3/c1-6-43-36-22-19-28(24-34(36)39-33-20-18-27-12-7-8-13-31(27)32(33)21-23-38(39)43)41-42-35-16-9-10-17-37(35)44(41)40-29(25(2)3)14-11-15-30(40)26(4)5/h7-26H,6H2,1-5H3. The molecular formula is C41H37N3. The fourth-order valence-electron chi connectivity index (χ4n) is 7.38. The highest BCUT2D eigenvalue weighted by Gasteiger charge is 2.23. The van der Waals surface area contributed by atoms with Gasteiger partial charge in [0.05, 0.1) is 16.7 Å². The van der Waals surface area contributed by atoms with Crippen molar-refractivity contribution in [2.75, 3.05) is 0 Å². The summed E-state index contributed by atoms with van der Waals surface area (Å²) in [6, 6.07) is 40.3. The summed E-state index contributed by atoms with van der Waals surface area (Å²) in [7, 11) is 0. The van der Waals surface area contributed by atoms with Crippen LogP contribution in [0.2, 0.25) is 0 Å². The molecule has 6 aromatic carbocycles. The monoisotopic (exact) mass is 571 g/mol. The average molecular weight is 572 g/mol. The number of nitrogens with zero attached hydrogens (tertiary/aromatic N) is 3. The predicted molar refractivity (Wildman–Crippen MR) is 188 cm³/mol. The number of hydrogen-bond acceptors (Lipinski definition) is 1. The molecule has 0 bridgehead atoms. The third kappa shape index (κ3) is 3.85. The highest BCUT2D eigenvalue weighted by atomic mass is 15.1. The molecule has 0 atom stereocenters. The first-order valence-corrected chi connectivity index (χ1v) is 15.9. The molecule has 8 aromatic rings. The highest BCUT2D eigenvalue weighted by molar-refractivity contribution is 6.25. The summed E-state index contributed by atoms with van der Waals surface area (Å²) in [5.41, 5.74) is 9.81. The maximum atomic E-state index is 5.33. The van der Waals surface area contributed by atoms with Crippen LogP contribution in [0.5, 0.6) is 0 Å². The number of para-hydroxylation sites is 3. The van der Waals surface area contributed by atoms with Gasteiger partial charge in [-0.15, -0.1) is 0 Å². The zero-order valence-electron chi connectivity index (χ0n) is 26.1. The van der Waals surface area contributed by atoms with Crippen molar-refractivity contribution in [2.45, 2.75) is 53.0 Å². The summed E-state index contributed by atoms with van der Waals surface area (Å²) in [6.45, 7) is 12.3. The molecule has 2 heterocycles. The van der Waals surface area contributed by atoms with Crippen molar-refractivity contribution in [2.24, 2.45) is 0 Å². The maximum Gasteiger partial charge on any atom is 0.145 e. The first-order valence-electron chi connectivity index (χ1n) is 15.9. The van der Waals surface area contributed by atoms with Gasteiger partial charge in [-0.25, -0.2) is 4.98 Å². The molecule has 0 fully saturated rings. The van der Waals surface area contributed by atoms with Gasteiger partial charge in [-0.2, -0.15) is 0 Å². The molecule has 3 heteroatoms. The van der Waals surface area contributed by atoms with Crippen LogP contribution in [-0.2, 0) is 6.54 Å². The van der Waals surface area contributed by atoms with Crippen LogP contribution in [0.25, 0.3) is 71.5 Å². The van der Waals surface area contributed by atoms with Crippen LogP contribution in [-0.4, -0.2) is 14.1 Å². The second-order valence-corrected chi connectivity index (χ2v) is 12.7. The molecule has 0 amide bonds. The topological polar surface area (TPSA) is 22.8 Å². The second kappa shape index (κ2) is 10.1. The molecule has 0 aliphatic carbocycles. The molecule has 2 aromatic heterocycles. The summed E-state index contributed by atoms with van der Waals surface area (Å²) < 4.78 is 4.89. The molecule has 0 aliphatic heterocycles. The van der Waals surface area contributed by atoms with Crippen LogP contribution >= 0.6 is 0 Å². The molecule has 0 saturated carbocycles. The highest BCUT2D eigenvalue weighted by Crippen LogP contribution is 2.41. The van der Waals surface area contributed by atoms with E-state index in [4.69, 9.17) is 4.98 Å². The lowest BCUT2D eigenvalue weighted by Crippen LogP contribution is -2.08. The van der Waals surface area contributed by atoms with Gasteiger partial charge in [-0.3, -0.25) is 4.57 Å². The Labute approximate surface area is 258 Å². The Hall–Kier alpha value is -4.89. The van der Waals surface area contributed by atoms with Crippen molar-refractivity contribution >= 4 is 54.4 Å². The van der Waals surface area contributed by atoms with E-state index in [0.717, 1.165) is 29.0 Å². The Kier molecular flexibility index (Phi) is 6.13. The molecule has 0 unspecified atom stereocenters. The van der Waals surface area contributed by atoms with Crippen LogP contribution in [0.15, 0.2) is 109 Å². The number of aryl methyl sites for hydroxylation is 1. The summed E-state index contributed by atoms with van der Waals surface area (Å²) in [6.07, 6.45) is 0. The number of imidazole rings is 1. The molecule has 8 rings (SSSR count). The number of fused-ring (bicyclic) bond motifs is 8. The smallest absolute Gasteiger partial charge is 0.145 e. The summed E-state index contributed by atoms with van der Waals surface area (Å²) in [5, 5.41) is 7.78. The fourth-order valence-corrected chi connectivity index (χ4v) is 7.38. The van der Waals surface area contributed by atoms with E-state index in [-0.39, 0.29) is 0 Å². The SMILES string of the molecule is CCn1c2ccc(-c3nc4ccccc4n3-c3c(C(C)C)cccc3C(C)C)cc2c2c3ccc4ccccc4c3ccc21. The van der Waals surface area contributed by atoms with E-state index in [1.54, 1.807) is 0 Å². The minimum atomic E-state index is 0.379. The normalized spacial score (nSPS) is 12.2. The van der Waals surface area contributed by atoms with E-state index >= 15 is 0 Å². The quantitative estimate of drug-likeness (QED) is 0.188. The molecule has 0 saturated heterocycles. The van der Waals surface area contributed by atoms with Crippen molar-refractivity contribution in [1.82, 2.24) is 14.1 Å². The molecular weight excluding hydrogens is 534 g/mol. The van der Waals surface area contributed by atoms with Crippen molar-refractivity contribution < 1.29 is 0 Å². The summed E-state index contributed by atoms with van der Waals surface area (Å²) in [5.74, 6) is 1.75. The molecule has 3 nitrogen and oxygen atoms in total. The summed E-state index contributed by atoms with van der Waals surface area (Å²) >= 11 is 0. The van der Waals surface area contributed by atoms with Crippen LogP contribution < -0.4 is 0 Å². The number of rotatable bonds is 5. The first kappa shape index (κ1) is 26.7. The van der Waals surface area contributed by atoms with E-state index in [0.29, 0.717) is 11.8 Å². The Morgan fingerprint density at radius 2 is 1.30 bits per heavy atom. The van der Waals surface area contributed by atoms with Gasteiger partial charge in [0, 0.05) is 33.9 Å². The lowest BCUT2D eigenvalue weighted by molar-refractivity contribution is 0.811. The Morgan fingerprint density at radius 3 is 2.07 bits per heavy atom. The molecule has 216 valence electrons. The minimum Gasteiger partial charge on any atom is -0.341 e. The average Bonchev–Trinajstić information content (AvgIpc) is 3.59. The lowest BCUT2D eigenvalue weighted by Gasteiger charge is -2.22. The molecule has 0 aliphatic rings. The van der Waals surface area contributed by atoms with Gasteiger partial charge in [0.1, 0.15) is 5.82 Å². The molecule has 0 radical (unpaired) electrons. The van der Waals surface area contributed by atoms with Gasteiger partial charge in [0.25, 0.3) is 0 Å². The van der Waals surface area contributed by atoms with E-state index in [1.165, 1.54) is 60.2 Å².